The first-order valence-electron chi connectivity index (χ1n) is 6.44. The van der Waals surface area contributed by atoms with Gasteiger partial charge in [0.15, 0.2) is 11.6 Å². The van der Waals surface area contributed by atoms with Gasteiger partial charge in [-0.3, -0.25) is 0 Å². The smallest absolute Gasteiger partial charge is 0.178 e. The summed E-state index contributed by atoms with van der Waals surface area (Å²) in [4.78, 5) is 4.28. The lowest BCUT2D eigenvalue weighted by Crippen LogP contribution is -2.26. The van der Waals surface area contributed by atoms with Crippen LogP contribution in [0.15, 0.2) is 12.3 Å². The molecule has 1 aliphatic carbocycles. The van der Waals surface area contributed by atoms with E-state index in [-0.39, 0.29) is 0 Å². The molecule has 0 aromatic carbocycles. The summed E-state index contributed by atoms with van der Waals surface area (Å²) < 4.78 is 5.28. The molecular weight excluding hydrogens is 226 g/mol. The second kappa shape index (κ2) is 5.72. The molecule has 0 aliphatic heterocycles. The summed E-state index contributed by atoms with van der Waals surface area (Å²) in [5.74, 6) is 2.07. The van der Waals surface area contributed by atoms with Gasteiger partial charge < -0.3 is 10.1 Å². The third-order valence-electron chi connectivity index (χ3n) is 3.59. The molecule has 0 amide bonds. The molecule has 1 aromatic heterocycles. The second-order valence-electron chi connectivity index (χ2n) is 4.95. The van der Waals surface area contributed by atoms with Crippen LogP contribution in [0.5, 0.6) is 5.75 Å². The summed E-state index contributed by atoms with van der Waals surface area (Å²) >= 11 is 0. The van der Waals surface area contributed by atoms with Crippen molar-refractivity contribution in [1.82, 2.24) is 4.98 Å². The van der Waals surface area contributed by atoms with Gasteiger partial charge in [0.1, 0.15) is 6.07 Å². The Labute approximate surface area is 108 Å². The largest absolute Gasteiger partial charge is 0.492 e. The van der Waals surface area contributed by atoms with Crippen molar-refractivity contribution < 1.29 is 4.74 Å². The number of hydrogen-bond acceptors (Lipinski definition) is 4. The fourth-order valence-corrected chi connectivity index (χ4v) is 2.44. The van der Waals surface area contributed by atoms with E-state index in [4.69, 9.17) is 10.00 Å². The molecule has 4 heteroatoms. The molecule has 0 bridgehead atoms. The topological polar surface area (TPSA) is 57.9 Å². The molecule has 0 atom stereocenters. The Hall–Kier alpha value is -1.76. The summed E-state index contributed by atoms with van der Waals surface area (Å²) in [5.41, 5.74) is 0.527. The molecule has 0 spiro atoms. The molecule has 1 saturated carbocycles. The van der Waals surface area contributed by atoms with E-state index in [1.165, 1.54) is 12.8 Å². The van der Waals surface area contributed by atoms with Crippen LogP contribution in [-0.2, 0) is 0 Å². The summed E-state index contributed by atoms with van der Waals surface area (Å²) in [6.07, 6.45) is 6.45. The van der Waals surface area contributed by atoms with E-state index in [1.54, 1.807) is 19.4 Å². The quantitative estimate of drug-likeness (QED) is 0.889. The van der Waals surface area contributed by atoms with Gasteiger partial charge in [-0.15, -0.1) is 0 Å². The Morgan fingerprint density at radius 2 is 2.11 bits per heavy atom. The van der Waals surface area contributed by atoms with Gasteiger partial charge in [-0.1, -0.05) is 6.92 Å². The molecule has 0 unspecified atom stereocenters. The van der Waals surface area contributed by atoms with Gasteiger partial charge in [-0.05, 0) is 37.7 Å². The highest BCUT2D eigenvalue weighted by atomic mass is 16.5. The van der Waals surface area contributed by atoms with Gasteiger partial charge in [-0.25, -0.2) is 4.98 Å². The van der Waals surface area contributed by atoms with Gasteiger partial charge in [0.05, 0.1) is 12.7 Å². The fraction of sp³-hybridized carbons (Fsp3) is 0.571. The summed E-state index contributed by atoms with van der Waals surface area (Å²) in [6.45, 7) is 2.30. The van der Waals surface area contributed by atoms with Crippen molar-refractivity contribution in [3.8, 4) is 11.8 Å². The number of nitriles is 1. The molecule has 1 aromatic rings. The molecule has 96 valence electrons. The maximum atomic E-state index is 9.03. The lowest BCUT2D eigenvalue weighted by Gasteiger charge is -2.27. The van der Waals surface area contributed by atoms with Crippen LogP contribution in [0, 0.1) is 17.2 Å². The number of anilines is 1. The minimum Gasteiger partial charge on any atom is -0.492 e. The van der Waals surface area contributed by atoms with E-state index in [0.29, 0.717) is 23.2 Å². The van der Waals surface area contributed by atoms with Crippen molar-refractivity contribution in [2.45, 2.75) is 38.6 Å². The average Bonchev–Trinajstić information content (AvgIpc) is 2.41. The van der Waals surface area contributed by atoms with Crippen LogP contribution in [-0.4, -0.2) is 18.1 Å². The van der Waals surface area contributed by atoms with E-state index in [9.17, 15) is 0 Å². The number of rotatable bonds is 3. The molecule has 0 saturated heterocycles. The number of aromatic nitrogens is 1. The lowest BCUT2D eigenvalue weighted by molar-refractivity contribution is 0.358. The zero-order chi connectivity index (χ0) is 13.0. The predicted octanol–water partition coefficient (Wildman–Crippen LogP) is 2.95. The van der Waals surface area contributed by atoms with Crippen LogP contribution >= 0.6 is 0 Å². The molecule has 0 radical (unpaired) electrons. The molecular formula is C14H19N3O. The van der Waals surface area contributed by atoms with Crippen LogP contribution in [0.4, 0.5) is 5.82 Å². The van der Waals surface area contributed by atoms with Crippen molar-refractivity contribution in [2.24, 2.45) is 5.92 Å². The number of nitrogens with one attached hydrogen (secondary N) is 1. The number of hydrogen-bond donors (Lipinski definition) is 1. The first-order valence-corrected chi connectivity index (χ1v) is 6.44. The summed E-state index contributed by atoms with van der Waals surface area (Å²) in [5, 5.41) is 12.4. The molecule has 1 fully saturated rings. The maximum absolute atomic E-state index is 9.03. The van der Waals surface area contributed by atoms with E-state index < -0.39 is 0 Å². The molecule has 2 rings (SSSR count). The third-order valence-corrected chi connectivity index (χ3v) is 3.59. The standard InChI is InChI=1S/C14H19N3O/c1-10-3-5-12(6-4-10)17-14-13(18-2)11(9-15)7-8-16-14/h7-8,10,12H,3-6H2,1-2H3,(H,16,17). The average molecular weight is 245 g/mol. The Bertz CT molecular complexity index is 445. The zero-order valence-corrected chi connectivity index (χ0v) is 10.9. The van der Waals surface area contributed by atoms with Crippen LogP contribution in [0.25, 0.3) is 0 Å². The number of methoxy groups -OCH3 is 1. The third kappa shape index (κ3) is 2.73. The predicted molar refractivity (Wildman–Crippen MR) is 70.5 cm³/mol. The van der Waals surface area contributed by atoms with Gasteiger partial charge >= 0.3 is 0 Å². The van der Waals surface area contributed by atoms with Crippen LogP contribution < -0.4 is 10.1 Å². The van der Waals surface area contributed by atoms with Crippen molar-refractivity contribution in [3.05, 3.63) is 17.8 Å². The highest BCUT2D eigenvalue weighted by Crippen LogP contribution is 2.30. The monoisotopic (exact) mass is 245 g/mol. The molecule has 18 heavy (non-hydrogen) atoms. The van der Waals surface area contributed by atoms with Crippen molar-refractivity contribution in [2.75, 3.05) is 12.4 Å². The highest BCUT2D eigenvalue weighted by Gasteiger charge is 2.20. The number of ether oxygens (including phenoxy) is 1. The SMILES string of the molecule is COc1c(C#N)ccnc1NC1CCC(C)CC1. The molecule has 1 aliphatic rings. The first-order chi connectivity index (χ1) is 8.74. The lowest BCUT2D eigenvalue weighted by atomic mass is 9.87. The Balaban J connectivity index is 2.12. The van der Waals surface area contributed by atoms with Gasteiger partial charge in [0.25, 0.3) is 0 Å². The van der Waals surface area contributed by atoms with E-state index in [1.807, 2.05) is 0 Å². The van der Waals surface area contributed by atoms with Crippen LogP contribution in [0.3, 0.4) is 0 Å². The van der Waals surface area contributed by atoms with Crippen molar-refractivity contribution in [1.29, 1.82) is 5.26 Å². The normalized spacial score (nSPS) is 23.2. The second-order valence-corrected chi connectivity index (χ2v) is 4.95. The van der Waals surface area contributed by atoms with E-state index in [2.05, 4.69) is 23.3 Å². The Morgan fingerprint density at radius 1 is 1.39 bits per heavy atom. The van der Waals surface area contributed by atoms with E-state index in [0.717, 1.165) is 18.8 Å². The maximum Gasteiger partial charge on any atom is 0.178 e. The Kier molecular flexibility index (Phi) is 4.03. The van der Waals surface area contributed by atoms with Crippen LogP contribution in [0.1, 0.15) is 38.2 Å². The minimum atomic E-state index is 0.441. The summed E-state index contributed by atoms with van der Waals surface area (Å²) in [6, 6.07) is 4.24. The number of nitrogens with zero attached hydrogens (tertiary/aromatic N) is 2. The summed E-state index contributed by atoms with van der Waals surface area (Å²) in [7, 11) is 1.58. The van der Waals surface area contributed by atoms with Gasteiger partial charge in [-0.2, -0.15) is 5.26 Å². The zero-order valence-electron chi connectivity index (χ0n) is 10.9. The van der Waals surface area contributed by atoms with E-state index >= 15 is 0 Å². The Morgan fingerprint density at radius 3 is 2.72 bits per heavy atom. The van der Waals surface area contributed by atoms with Gasteiger partial charge in [0, 0.05) is 12.2 Å². The van der Waals surface area contributed by atoms with Crippen molar-refractivity contribution in [3.63, 3.8) is 0 Å². The molecule has 4 nitrogen and oxygen atoms in total. The van der Waals surface area contributed by atoms with Gasteiger partial charge in [0.2, 0.25) is 0 Å². The van der Waals surface area contributed by atoms with Crippen molar-refractivity contribution >= 4 is 5.82 Å². The van der Waals surface area contributed by atoms with Crippen LogP contribution in [0.2, 0.25) is 0 Å². The molecule has 1 N–H and O–H groups in total. The highest BCUT2D eigenvalue weighted by molar-refractivity contribution is 5.58. The molecule has 1 heterocycles. The minimum absolute atomic E-state index is 0.441. The first kappa shape index (κ1) is 12.7. The fourth-order valence-electron chi connectivity index (χ4n) is 2.44. The number of pyridine rings is 1.